The fourth-order valence-corrected chi connectivity index (χ4v) is 2.30. The van der Waals surface area contributed by atoms with Gasteiger partial charge in [0.05, 0.1) is 11.3 Å². The minimum absolute atomic E-state index is 0. The average molecular weight is 327 g/mol. The van der Waals surface area contributed by atoms with Crippen molar-refractivity contribution in [1.82, 2.24) is 0 Å². The zero-order valence-corrected chi connectivity index (χ0v) is 12.4. The Balaban J connectivity index is 0.00000220. The fourth-order valence-electron chi connectivity index (χ4n) is 1.99. The predicted molar refractivity (Wildman–Crippen MR) is 94.9 cm³/mol. The van der Waals surface area contributed by atoms with Crippen molar-refractivity contribution in [3.63, 3.8) is 0 Å². The number of aryl methyl sites for hydroxylation is 1. The van der Waals surface area contributed by atoms with E-state index in [2.05, 4.69) is 0 Å². The SMILES string of the molecule is Cc1ccc(C(=S)c2cccc(CC(=O)O)c2N)cc1.O.[NaH]. The summed E-state index contributed by atoms with van der Waals surface area (Å²) in [5.74, 6) is -0.907. The van der Waals surface area contributed by atoms with Gasteiger partial charge in [-0.3, -0.25) is 4.79 Å². The molecule has 2 rings (SSSR count). The Morgan fingerprint density at radius 3 is 2.32 bits per heavy atom. The van der Waals surface area contributed by atoms with Crippen LogP contribution in [0.2, 0.25) is 0 Å². The van der Waals surface area contributed by atoms with E-state index in [1.54, 1.807) is 12.1 Å². The summed E-state index contributed by atoms with van der Waals surface area (Å²) in [6, 6.07) is 13.2. The van der Waals surface area contributed by atoms with E-state index in [1.807, 2.05) is 37.3 Å². The van der Waals surface area contributed by atoms with E-state index in [0.29, 0.717) is 21.7 Å². The number of para-hydroxylation sites is 1. The van der Waals surface area contributed by atoms with Crippen LogP contribution >= 0.6 is 12.2 Å². The number of carboxylic acids is 1. The van der Waals surface area contributed by atoms with E-state index in [0.717, 1.165) is 11.1 Å². The van der Waals surface area contributed by atoms with Gasteiger partial charge >= 0.3 is 35.5 Å². The van der Waals surface area contributed by atoms with Crippen molar-refractivity contribution in [2.45, 2.75) is 13.3 Å². The molecule has 0 aromatic heterocycles. The van der Waals surface area contributed by atoms with Crippen molar-refractivity contribution in [3.8, 4) is 0 Å². The van der Waals surface area contributed by atoms with Gasteiger partial charge in [0.2, 0.25) is 0 Å². The van der Waals surface area contributed by atoms with E-state index in [9.17, 15) is 4.79 Å². The first-order valence-corrected chi connectivity index (χ1v) is 6.60. The Hall–Kier alpha value is -1.24. The van der Waals surface area contributed by atoms with Crippen molar-refractivity contribution >= 4 is 58.3 Å². The molecule has 0 amide bonds. The molecule has 0 fully saturated rings. The minimum atomic E-state index is -0.907. The summed E-state index contributed by atoms with van der Waals surface area (Å²) in [5.41, 5.74) is 9.86. The molecule has 2 aromatic rings. The molecule has 0 aliphatic heterocycles. The third-order valence-electron chi connectivity index (χ3n) is 3.10. The number of nitrogen functional groups attached to an aromatic ring is 1. The topological polar surface area (TPSA) is 94.8 Å². The van der Waals surface area contributed by atoms with Gasteiger partial charge in [-0.15, -0.1) is 0 Å². The van der Waals surface area contributed by atoms with Gasteiger partial charge in [0.15, 0.2) is 0 Å². The molecule has 0 aliphatic rings. The number of anilines is 1. The van der Waals surface area contributed by atoms with Gasteiger partial charge in [0, 0.05) is 11.3 Å². The van der Waals surface area contributed by atoms with Crippen LogP contribution in [0.3, 0.4) is 0 Å². The molecule has 0 radical (unpaired) electrons. The van der Waals surface area contributed by atoms with Crippen LogP contribution < -0.4 is 5.73 Å². The number of rotatable bonds is 4. The summed E-state index contributed by atoms with van der Waals surface area (Å²) in [6.45, 7) is 2.01. The van der Waals surface area contributed by atoms with Gasteiger partial charge in [-0.1, -0.05) is 60.2 Å². The van der Waals surface area contributed by atoms with E-state index in [4.69, 9.17) is 23.1 Å². The van der Waals surface area contributed by atoms with Crippen LogP contribution in [0.5, 0.6) is 0 Å². The molecule has 112 valence electrons. The van der Waals surface area contributed by atoms with Crippen molar-refractivity contribution in [2.24, 2.45) is 0 Å². The fraction of sp³-hybridized carbons (Fsp3) is 0.125. The van der Waals surface area contributed by atoms with Crippen LogP contribution in [-0.2, 0) is 11.2 Å². The third-order valence-corrected chi connectivity index (χ3v) is 3.55. The first-order valence-electron chi connectivity index (χ1n) is 6.19. The molecule has 0 aliphatic carbocycles. The number of carboxylic acid groups (broad SMARTS) is 1. The van der Waals surface area contributed by atoms with Crippen molar-refractivity contribution in [1.29, 1.82) is 0 Å². The summed E-state index contributed by atoms with van der Waals surface area (Å²) in [4.78, 5) is 11.5. The molecule has 4 nitrogen and oxygen atoms in total. The summed E-state index contributed by atoms with van der Waals surface area (Å²) in [5, 5.41) is 8.88. The Kier molecular flexibility index (Phi) is 8.52. The maximum atomic E-state index is 10.8. The van der Waals surface area contributed by atoms with Crippen molar-refractivity contribution in [3.05, 3.63) is 64.7 Å². The molecule has 0 bridgehead atoms. The summed E-state index contributed by atoms with van der Waals surface area (Å²) >= 11 is 5.46. The number of hydrogen-bond acceptors (Lipinski definition) is 3. The standard InChI is InChI=1S/C16H15NO2S.Na.H2O.H/c1-10-5-7-11(8-6-10)16(20)13-4-2-3-12(15(13)17)9-14(18)19;;;/h2-8H,9,17H2,1H3,(H,18,19);;1H2;. The Morgan fingerprint density at radius 1 is 1.18 bits per heavy atom. The number of carbonyl (C=O) groups is 1. The monoisotopic (exact) mass is 327 g/mol. The molecule has 6 heteroatoms. The van der Waals surface area contributed by atoms with Crippen LogP contribution in [0.1, 0.15) is 22.3 Å². The predicted octanol–water partition coefficient (Wildman–Crippen LogP) is 1.50. The zero-order chi connectivity index (χ0) is 14.7. The molecule has 5 N–H and O–H groups in total. The van der Waals surface area contributed by atoms with Crippen molar-refractivity contribution < 1.29 is 15.4 Å². The molecule has 0 saturated carbocycles. The number of benzene rings is 2. The second kappa shape index (κ2) is 9.02. The first-order chi connectivity index (χ1) is 9.49. The van der Waals surface area contributed by atoms with Gasteiger partial charge in [0.25, 0.3) is 0 Å². The molecular formula is C16H18NNaO3S. The number of thiocarbonyl (C=S) groups is 1. The van der Waals surface area contributed by atoms with Crippen LogP contribution in [0.25, 0.3) is 0 Å². The quantitative estimate of drug-likeness (QED) is 0.385. The Labute approximate surface area is 156 Å². The molecule has 0 spiro atoms. The van der Waals surface area contributed by atoms with E-state index in [1.165, 1.54) is 0 Å². The van der Waals surface area contributed by atoms with Gasteiger partial charge in [-0.25, -0.2) is 0 Å². The summed E-state index contributed by atoms with van der Waals surface area (Å²) < 4.78 is 0. The van der Waals surface area contributed by atoms with Crippen LogP contribution in [-0.4, -0.2) is 51.0 Å². The molecular weight excluding hydrogens is 309 g/mol. The summed E-state index contributed by atoms with van der Waals surface area (Å²) in [6.07, 6.45) is -0.101. The average Bonchev–Trinajstić information content (AvgIpc) is 2.41. The van der Waals surface area contributed by atoms with Crippen LogP contribution in [0, 0.1) is 6.92 Å². The van der Waals surface area contributed by atoms with E-state index in [-0.39, 0.29) is 41.5 Å². The van der Waals surface area contributed by atoms with E-state index >= 15 is 0 Å². The van der Waals surface area contributed by atoms with Gasteiger partial charge in [-0.2, -0.15) is 0 Å². The first kappa shape index (κ1) is 20.8. The summed E-state index contributed by atoms with van der Waals surface area (Å²) in [7, 11) is 0. The Morgan fingerprint density at radius 2 is 1.77 bits per heavy atom. The van der Waals surface area contributed by atoms with Crippen molar-refractivity contribution in [2.75, 3.05) is 5.73 Å². The molecule has 0 saturated heterocycles. The third kappa shape index (κ3) is 4.90. The van der Waals surface area contributed by atoms with E-state index < -0.39 is 5.97 Å². The second-order valence-electron chi connectivity index (χ2n) is 4.64. The molecule has 2 aromatic carbocycles. The van der Waals surface area contributed by atoms with Gasteiger partial charge in [-0.05, 0) is 18.1 Å². The van der Waals surface area contributed by atoms with Crippen LogP contribution in [0.4, 0.5) is 5.69 Å². The second-order valence-corrected chi connectivity index (χ2v) is 5.05. The zero-order valence-electron chi connectivity index (χ0n) is 11.6. The number of hydrogen-bond donors (Lipinski definition) is 2. The maximum absolute atomic E-state index is 10.8. The number of aliphatic carboxylic acids is 1. The normalized spacial score (nSPS) is 9.32. The van der Waals surface area contributed by atoms with Crippen LogP contribution in [0.15, 0.2) is 42.5 Å². The van der Waals surface area contributed by atoms with Gasteiger partial charge in [0.1, 0.15) is 0 Å². The Bertz CT molecular complexity index is 672. The number of nitrogens with two attached hydrogens (primary N) is 1. The molecule has 0 heterocycles. The van der Waals surface area contributed by atoms with Gasteiger partial charge < -0.3 is 16.3 Å². The molecule has 22 heavy (non-hydrogen) atoms. The molecule has 0 atom stereocenters. The molecule has 0 unspecified atom stereocenters.